The van der Waals surface area contributed by atoms with E-state index in [0.717, 1.165) is 30.3 Å². The smallest absolute Gasteiger partial charge is 0.416 e. The molecule has 0 saturated carbocycles. The number of urea groups is 1. The standard InChI is InChI=1S/C30H28F4N4O5/c1-17(39)23(35)4-3-13-42-28-16-24-21(15-27(28)41-2)25(11-12-36-24)43-26-10-9-20(14-22(26)31)38-29(40)37-19-7-5-18(6-8-19)30(32,33)34/h5-12,14-16,23,39H,1,3-4,13,35H2,2H3,(H2,37,38,40). The van der Waals surface area contributed by atoms with Gasteiger partial charge in [0.2, 0.25) is 0 Å². The number of alkyl halides is 3. The van der Waals surface area contributed by atoms with Crippen LogP contribution in [0.5, 0.6) is 23.0 Å². The van der Waals surface area contributed by atoms with Gasteiger partial charge in [-0.1, -0.05) is 6.58 Å². The molecule has 0 radical (unpaired) electrons. The van der Waals surface area contributed by atoms with Gasteiger partial charge in [0.1, 0.15) is 11.5 Å². The van der Waals surface area contributed by atoms with Gasteiger partial charge in [-0.2, -0.15) is 13.2 Å². The van der Waals surface area contributed by atoms with Crippen LogP contribution in [0.4, 0.5) is 33.7 Å². The number of ether oxygens (including phenoxy) is 3. The predicted octanol–water partition coefficient (Wildman–Crippen LogP) is 7.40. The van der Waals surface area contributed by atoms with Crippen molar-refractivity contribution in [1.29, 1.82) is 0 Å². The number of rotatable bonds is 11. The van der Waals surface area contributed by atoms with Gasteiger partial charge in [-0.25, -0.2) is 9.18 Å². The van der Waals surface area contributed by atoms with Crippen molar-refractivity contribution in [2.24, 2.45) is 5.73 Å². The lowest BCUT2D eigenvalue weighted by Crippen LogP contribution is -2.22. The molecule has 0 aliphatic carbocycles. The van der Waals surface area contributed by atoms with Gasteiger partial charge in [0.05, 0.1) is 30.8 Å². The minimum atomic E-state index is -4.50. The lowest BCUT2D eigenvalue weighted by atomic mass is 10.1. The van der Waals surface area contributed by atoms with Crippen molar-refractivity contribution in [1.82, 2.24) is 4.98 Å². The summed E-state index contributed by atoms with van der Waals surface area (Å²) in [6.45, 7) is 3.71. The Balaban J connectivity index is 1.43. The van der Waals surface area contributed by atoms with Crippen LogP contribution in [0.3, 0.4) is 0 Å². The van der Waals surface area contributed by atoms with E-state index in [1.807, 2.05) is 0 Å². The van der Waals surface area contributed by atoms with E-state index in [2.05, 4.69) is 22.2 Å². The molecule has 13 heteroatoms. The van der Waals surface area contributed by atoms with Crippen LogP contribution >= 0.6 is 0 Å². The highest BCUT2D eigenvalue weighted by Crippen LogP contribution is 2.38. The number of hydrogen-bond donors (Lipinski definition) is 4. The molecule has 3 aromatic carbocycles. The zero-order valence-electron chi connectivity index (χ0n) is 22.9. The lowest BCUT2D eigenvalue weighted by Gasteiger charge is -2.15. The number of hydrogen-bond acceptors (Lipinski definition) is 7. The van der Waals surface area contributed by atoms with Crippen molar-refractivity contribution in [3.05, 3.63) is 90.6 Å². The predicted molar refractivity (Wildman–Crippen MR) is 153 cm³/mol. The van der Waals surface area contributed by atoms with Crippen LogP contribution in [0.25, 0.3) is 10.9 Å². The van der Waals surface area contributed by atoms with Gasteiger partial charge >= 0.3 is 12.2 Å². The number of carbonyl (C=O) groups excluding carboxylic acids is 1. The number of halogens is 4. The number of fused-ring (bicyclic) bond motifs is 1. The number of aliphatic hydroxyl groups excluding tert-OH is 1. The first-order chi connectivity index (χ1) is 20.4. The van der Waals surface area contributed by atoms with E-state index in [9.17, 15) is 27.5 Å². The highest BCUT2D eigenvalue weighted by Gasteiger charge is 2.30. The number of anilines is 2. The molecule has 1 unspecified atom stereocenters. The minimum Gasteiger partial charge on any atom is -0.511 e. The number of nitrogens with zero attached hydrogens (tertiary/aromatic N) is 1. The number of aromatic nitrogens is 1. The summed E-state index contributed by atoms with van der Waals surface area (Å²) in [4.78, 5) is 16.6. The molecule has 1 heterocycles. The summed E-state index contributed by atoms with van der Waals surface area (Å²) in [6, 6.07) is 11.2. The Bertz CT molecular complexity index is 1610. The Labute approximate surface area is 243 Å². The Morgan fingerprint density at radius 3 is 2.35 bits per heavy atom. The molecule has 2 amide bonds. The third-order valence-corrected chi connectivity index (χ3v) is 6.21. The van der Waals surface area contributed by atoms with Crippen molar-refractivity contribution < 1.29 is 41.7 Å². The molecule has 0 aliphatic heterocycles. The molecule has 9 nitrogen and oxygen atoms in total. The van der Waals surface area contributed by atoms with Crippen molar-refractivity contribution in [3.8, 4) is 23.0 Å². The third kappa shape index (κ3) is 8.04. The van der Waals surface area contributed by atoms with Gasteiger partial charge in [0.25, 0.3) is 0 Å². The number of amides is 2. The number of carbonyl (C=O) groups is 1. The second-order valence-corrected chi connectivity index (χ2v) is 9.32. The molecular weight excluding hydrogens is 572 g/mol. The average molecular weight is 601 g/mol. The SMILES string of the molecule is C=C(O)C(N)CCCOc1cc2nccc(Oc3ccc(NC(=O)Nc4ccc(C(F)(F)F)cc4)cc3F)c2cc1OC. The molecule has 4 aromatic rings. The summed E-state index contributed by atoms with van der Waals surface area (Å²) in [7, 11) is 1.47. The number of pyridine rings is 1. The third-order valence-electron chi connectivity index (χ3n) is 6.21. The van der Waals surface area contributed by atoms with E-state index in [1.54, 1.807) is 18.2 Å². The van der Waals surface area contributed by atoms with Gasteiger partial charge < -0.3 is 35.7 Å². The molecule has 5 N–H and O–H groups in total. The number of nitrogens with two attached hydrogens (primary N) is 1. The van der Waals surface area contributed by atoms with Gasteiger partial charge in [-0.3, -0.25) is 4.98 Å². The summed E-state index contributed by atoms with van der Waals surface area (Å²) >= 11 is 0. The Morgan fingerprint density at radius 1 is 1.00 bits per heavy atom. The fourth-order valence-electron chi connectivity index (χ4n) is 3.96. The fraction of sp³-hybridized carbons (Fsp3) is 0.200. The molecule has 1 aromatic heterocycles. The highest BCUT2D eigenvalue weighted by molar-refractivity contribution is 5.99. The van der Waals surface area contributed by atoms with Crippen molar-refractivity contribution in [2.75, 3.05) is 24.4 Å². The number of methoxy groups -OCH3 is 1. The molecule has 0 saturated heterocycles. The number of nitrogens with one attached hydrogen (secondary N) is 2. The van der Waals surface area contributed by atoms with E-state index in [-0.39, 0.29) is 28.6 Å². The molecule has 0 aliphatic rings. The van der Waals surface area contributed by atoms with Crippen molar-refractivity contribution in [2.45, 2.75) is 25.1 Å². The van der Waals surface area contributed by atoms with Gasteiger partial charge in [-0.15, -0.1) is 0 Å². The van der Waals surface area contributed by atoms with Crippen LogP contribution in [0.1, 0.15) is 18.4 Å². The summed E-state index contributed by atoms with van der Waals surface area (Å²) in [5.41, 5.74) is 5.61. The summed E-state index contributed by atoms with van der Waals surface area (Å²) in [5.74, 6) is 0.0780. The van der Waals surface area contributed by atoms with E-state index in [1.165, 1.54) is 25.4 Å². The van der Waals surface area contributed by atoms with E-state index in [0.29, 0.717) is 41.9 Å². The summed E-state index contributed by atoms with van der Waals surface area (Å²) < 4.78 is 70.3. The second-order valence-electron chi connectivity index (χ2n) is 9.32. The zero-order valence-corrected chi connectivity index (χ0v) is 22.9. The lowest BCUT2D eigenvalue weighted by molar-refractivity contribution is -0.137. The normalized spacial score (nSPS) is 12.0. The number of aliphatic hydroxyl groups is 1. The maximum absolute atomic E-state index is 15.0. The minimum absolute atomic E-state index is 0.0848. The summed E-state index contributed by atoms with van der Waals surface area (Å²) in [5, 5.41) is 14.7. The zero-order chi connectivity index (χ0) is 31.1. The van der Waals surface area contributed by atoms with Crippen molar-refractivity contribution >= 4 is 28.3 Å². The fourth-order valence-corrected chi connectivity index (χ4v) is 3.96. The highest BCUT2D eigenvalue weighted by atomic mass is 19.4. The van der Waals surface area contributed by atoms with E-state index >= 15 is 0 Å². The first-order valence-corrected chi connectivity index (χ1v) is 12.9. The van der Waals surface area contributed by atoms with Crippen LogP contribution in [-0.2, 0) is 6.18 Å². The Morgan fingerprint density at radius 2 is 1.70 bits per heavy atom. The average Bonchev–Trinajstić information content (AvgIpc) is 2.96. The molecule has 4 rings (SSSR count). The number of benzene rings is 3. The first-order valence-electron chi connectivity index (χ1n) is 12.9. The van der Waals surface area contributed by atoms with Crippen LogP contribution in [0.2, 0.25) is 0 Å². The van der Waals surface area contributed by atoms with Crippen LogP contribution in [0, 0.1) is 5.82 Å². The Hall–Kier alpha value is -5.04. The van der Waals surface area contributed by atoms with Gasteiger partial charge in [-0.05, 0) is 61.4 Å². The Kier molecular flexibility index (Phi) is 9.56. The van der Waals surface area contributed by atoms with E-state index in [4.69, 9.17) is 19.9 Å². The molecule has 0 fully saturated rings. The van der Waals surface area contributed by atoms with Gasteiger partial charge in [0, 0.05) is 35.1 Å². The van der Waals surface area contributed by atoms with Gasteiger partial charge in [0.15, 0.2) is 23.1 Å². The molecule has 1 atom stereocenters. The largest absolute Gasteiger partial charge is 0.511 e. The second kappa shape index (κ2) is 13.3. The van der Waals surface area contributed by atoms with E-state index < -0.39 is 29.6 Å². The quantitative estimate of drug-likeness (QED) is 0.0803. The molecular formula is C30H28F4N4O5. The van der Waals surface area contributed by atoms with Crippen LogP contribution < -0.4 is 30.6 Å². The monoisotopic (exact) mass is 600 g/mol. The topological polar surface area (TPSA) is 128 Å². The molecule has 226 valence electrons. The maximum Gasteiger partial charge on any atom is 0.416 e. The summed E-state index contributed by atoms with van der Waals surface area (Å²) in [6.07, 6.45) is -1.98. The van der Waals surface area contributed by atoms with Crippen LogP contribution in [0.15, 0.2) is 79.2 Å². The molecule has 0 bridgehead atoms. The maximum atomic E-state index is 15.0. The molecule has 43 heavy (non-hydrogen) atoms. The van der Waals surface area contributed by atoms with Crippen LogP contribution in [-0.4, -0.2) is 35.9 Å². The molecule has 0 spiro atoms. The first kappa shape index (κ1) is 30.9. The van der Waals surface area contributed by atoms with Crippen molar-refractivity contribution in [3.63, 3.8) is 0 Å².